The highest BCUT2D eigenvalue weighted by molar-refractivity contribution is 7.14. The van der Waals surface area contributed by atoms with Crippen LogP contribution < -0.4 is 19.5 Å². The summed E-state index contributed by atoms with van der Waals surface area (Å²) in [6.45, 7) is -2.40. The van der Waals surface area contributed by atoms with E-state index < -0.39 is 6.61 Å². The molecule has 0 aliphatic heterocycles. The lowest BCUT2D eigenvalue weighted by Gasteiger charge is -2.17. The number of carbonyl (C=O) groups is 1. The zero-order valence-corrected chi connectivity index (χ0v) is 18.6. The molecule has 0 aliphatic carbocycles. The number of methoxy groups -OCH3 is 2. The molecule has 10 heteroatoms. The van der Waals surface area contributed by atoms with Gasteiger partial charge in [0.1, 0.15) is 5.75 Å². The largest absolute Gasteiger partial charge is 0.497 e. The quantitative estimate of drug-likeness (QED) is 0.477. The predicted molar refractivity (Wildman–Crippen MR) is 119 cm³/mol. The summed E-state index contributed by atoms with van der Waals surface area (Å²) in [7, 11) is 4.76. The summed E-state index contributed by atoms with van der Waals surface area (Å²) in [5, 5.41) is 5.17. The number of anilines is 1. The minimum Gasteiger partial charge on any atom is -0.497 e. The van der Waals surface area contributed by atoms with Crippen molar-refractivity contribution in [2.75, 3.05) is 33.1 Å². The Morgan fingerprint density at radius 3 is 2.53 bits per heavy atom. The first kappa shape index (κ1) is 23.4. The fraction of sp³-hybridized carbons (Fsp3) is 0.273. The molecule has 0 aliphatic rings. The molecule has 1 heterocycles. The van der Waals surface area contributed by atoms with Crippen LogP contribution in [-0.2, 0) is 11.3 Å². The summed E-state index contributed by atoms with van der Waals surface area (Å²) in [6, 6.07) is 12.2. The van der Waals surface area contributed by atoms with Gasteiger partial charge in [0.25, 0.3) is 0 Å². The first-order valence-corrected chi connectivity index (χ1v) is 10.5. The Morgan fingerprint density at radius 1 is 1.12 bits per heavy atom. The standard InChI is InChI=1S/C22H23F2N3O4S/c1-27(11-14-4-9-18(31-21(23)24)19(10-14)30-3)12-20(28)26-22-25-17(13-32-22)15-5-7-16(29-2)8-6-15/h4-10,13,21H,11-12H2,1-3H3,(H,25,26,28). The van der Waals surface area contributed by atoms with Crippen LogP contribution in [0.1, 0.15) is 5.56 Å². The van der Waals surface area contributed by atoms with E-state index in [0.717, 1.165) is 22.6 Å². The Labute approximate surface area is 188 Å². The van der Waals surface area contributed by atoms with Gasteiger partial charge in [0, 0.05) is 17.5 Å². The van der Waals surface area contributed by atoms with Gasteiger partial charge in [0.15, 0.2) is 16.6 Å². The molecular weight excluding hydrogens is 440 g/mol. The van der Waals surface area contributed by atoms with E-state index >= 15 is 0 Å². The van der Waals surface area contributed by atoms with Crippen LogP contribution in [0.25, 0.3) is 11.3 Å². The molecule has 0 bridgehead atoms. The molecule has 0 saturated carbocycles. The van der Waals surface area contributed by atoms with Crippen molar-refractivity contribution >= 4 is 22.4 Å². The molecule has 1 N–H and O–H groups in total. The number of halogens is 2. The highest BCUT2D eigenvalue weighted by atomic mass is 32.1. The maximum Gasteiger partial charge on any atom is 0.387 e. The van der Waals surface area contributed by atoms with Gasteiger partial charge in [-0.1, -0.05) is 6.07 Å². The SMILES string of the molecule is COc1ccc(-c2csc(NC(=O)CN(C)Cc3ccc(OC(F)F)c(OC)c3)n2)cc1. The van der Waals surface area contributed by atoms with E-state index in [0.29, 0.717) is 11.7 Å². The van der Waals surface area contributed by atoms with Crippen molar-refractivity contribution in [3.63, 3.8) is 0 Å². The molecule has 32 heavy (non-hydrogen) atoms. The first-order chi connectivity index (χ1) is 15.4. The third-order valence-electron chi connectivity index (χ3n) is 4.45. The number of aromatic nitrogens is 1. The van der Waals surface area contributed by atoms with Crippen LogP contribution in [0.15, 0.2) is 47.8 Å². The number of benzene rings is 2. The zero-order chi connectivity index (χ0) is 23.1. The van der Waals surface area contributed by atoms with E-state index in [-0.39, 0.29) is 24.0 Å². The maximum atomic E-state index is 12.5. The normalized spacial score (nSPS) is 11.0. The molecule has 7 nitrogen and oxygen atoms in total. The van der Waals surface area contributed by atoms with Crippen molar-refractivity contribution < 1.29 is 27.8 Å². The third kappa shape index (κ3) is 6.38. The van der Waals surface area contributed by atoms with Crippen molar-refractivity contribution in [3.05, 3.63) is 53.4 Å². The Morgan fingerprint density at radius 2 is 1.88 bits per heavy atom. The molecule has 0 atom stereocenters. The molecule has 1 aromatic heterocycles. The summed E-state index contributed by atoms with van der Waals surface area (Å²) in [5.41, 5.74) is 2.47. The zero-order valence-electron chi connectivity index (χ0n) is 17.8. The smallest absolute Gasteiger partial charge is 0.387 e. The fourth-order valence-corrected chi connectivity index (χ4v) is 3.74. The van der Waals surface area contributed by atoms with Crippen LogP contribution in [0.4, 0.5) is 13.9 Å². The molecule has 0 spiro atoms. The predicted octanol–water partition coefficient (Wildman–Crippen LogP) is 4.50. The number of thiazole rings is 1. The number of hydrogen-bond acceptors (Lipinski definition) is 7. The molecule has 0 saturated heterocycles. The van der Waals surface area contributed by atoms with E-state index in [2.05, 4.69) is 15.0 Å². The van der Waals surface area contributed by atoms with E-state index in [1.165, 1.54) is 24.5 Å². The van der Waals surface area contributed by atoms with Crippen LogP contribution in [0, 0.1) is 0 Å². The van der Waals surface area contributed by atoms with E-state index in [9.17, 15) is 13.6 Å². The number of likely N-dealkylation sites (N-methyl/N-ethyl adjacent to an activating group) is 1. The van der Waals surface area contributed by atoms with Crippen molar-refractivity contribution in [1.29, 1.82) is 0 Å². The second kappa shape index (κ2) is 10.9. The molecule has 0 radical (unpaired) electrons. The molecule has 0 unspecified atom stereocenters. The summed E-state index contributed by atoms with van der Waals surface area (Å²) < 4.78 is 39.6. The van der Waals surface area contributed by atoms with Gasteiger partial charge in [0.05, 0.1) is 26.5 Å². The first-order valence-electron chi connectivity index (χ1n) is 9.58. The van der Waals surface area contributed by atoms with Crippen LogP contribution in [0.5, 0.6) is 17.2 Å². The third-order valence-corrected chi connectivity index (χ3v) is 5.20. The van der Waals surface area contributed by atoms with Crippen molar-refractivity contribution in [2.24, 2.45) is 0 Å². The van der Waals surface area contributed by atoms with Gasteiger partial charge in [-0.05, 0) is 49.0 Å². The molecule has 3 rings (SSSR count). The molecule has 3 aromatic rings. The van der Waals surface area contributed by atoms with Gasteiger partial charge in [0.2, 0.25) is 5.91 Å². The number of alkyl halides is 2. The minimum atomic E-state index is -2.93. The Balaban J connectivity index is 1.55. The number of nitrogens with zero attached hydrogens (tertiary/aromatic N) is 2. The molecule has 0 fully saturated rings. The Hall–Kier alpha value is -3.24. The molecule has 2 aromatic carbocycles. The molecule has 1 amide bonds. The van der Waals surface area contributed by atoms with Crippen LogP contribution in [-0.4, -0.2) is 50.2 Å². The van der Waals surface area contributed by atoms with Crippen molar-refractivity contribution in [3.8, 4) is 28.5 Å². The Kier molecular flexibility index (Phi) is 7.96. The van der Waals surface area contributed by atoms with Crippen LogP contribution in [0.3, 0.4) is 0 Å². The average Bonchev–Trinajstić information content (AvgIpc) is 3.22. The number of rotatable bonds is 10. The maximum absolute atomic E-state index is 12.5. The van der Waals surface area contributed by atoms with Crippen molar-refractivity contribution in [1.82, 2.24) is 9.88 Å². The van der Waals surface area contributed by atoms with E-state index in [4.69, 9.17) is 9.47 Å². The number of carbonyl (C=O) groups excluding carboxylic acids is 1. The van der Waals surface area contributed by atoms with Gasteiger partial charge >= 0.3 is 6.61 Å². The average molecular weight is 464 g/mol. The second-order valence-corrected chi connectivity index (χ2v) is 7.71. The lowest BCUT2D eigenvalue weighted by atomic mass is 10.2. The second-order valence-electron chi connectivity index (χ2n) is 6.85. The topological polar surface area (TPSA) is 72.9 Å². The monoisotopic (exact) mass is 463 g/mol. The number of hydrogen-bond donors (Lipinski definition) is 1. The van der Waals surface area contributed by atoms with E-state index in [1.807, 2.05) is 29.6 Å². The van der Waals surface area contributed by atoms with Crippen molar-refractivity contribution in [2.45, 2.75) is 13.2 Å². The fourth-order valence-electron chi connectivity index (χ4n) is 3.00. The minimum absolute atomic E-state index is 0.0388. The molecular formula is C22H23F2N3O4S. The van der Waals surface area contributed by atoms with Gasteiger partial charge in [-0.15, -0.1) is 11.3 Å². The van der Waals surface area contributed by atoms with Gasteiger partial charge in [-0.3, -0.25) is 9.69 Å². The van der Waals surface area contributed by atoms with Gasteiger partial charge in [-0.2, -0.15) is 8.78 Å². The van der Waals surface area contributed by atoms with Gasteiger partial charge in [-0.25, -0.2) is 4.98 Å². The number of amides is 1. The van der Waals surface area contributed by atoms with Crippen LogP contribution in [0.2, 0.25) is 0 Å². The van der Waals surface area contributed by atoms with Crippen LogP contribution >= 0.6 is 11.3 Å². The summed E-state index contributed by atoms with van der Waals surface area (Å²) in [5.74, 6) is 0.708. The van der Waals surface area contributed by atoms with Gasteiger partial charge < -0.3 is 19.5 Å². The Bertz CT molecular complexity index is 1040. The lowest BCUT2D eigenvalue weighted by molar-refractivity contribution is -0.117. The van der Waals surface area contributed by atoms with E-state index in [1.54, 1.807) is 31.2 Å². The summed E-state index contributed by atoms with van der Waals surface area (Å²) >= 11 is 1.34. The number of nitrogens with one attached hydrogen (secondary N) is 1. The summed E-state index contributed by atoms with van der Waals surface area (Å²) in [6.07, 6.45) is 0. The highest BCUT2D eigenvalue weighted by Gasteiger charge is 2.14. The number of ether oxygens (including phenoxy) is 3. The lowest BCUT2D eigenvalue weighted by Crippen LogP contribution is -2.29. The highest BCUT2D eigenvalue weighted by Crippen LogP contribution is 2.30. The molecule has 170 valence electrons. The summed E-state index contributed by atoms with van der Waals surface area (Å²) in [4.78, 5) is 18.7.